The van der Waals surface area contributed by atoms with Crippen molar-refractivity contribution in [1.82, 2.24) is 10.2 Å². The average Bonchev–Trinajstić information content (AvgIpc) is 2.55. The Morgan fingerprint density at radius 2 is 1.65 bits per heavy atom. The lowest BCUT2D eigenvalue weighted by Crippen LogP contribution is -2.45. The van der Waals surface area contributed by atoms with Crippen molar-refractivity contribution in [2.45, 2.75) is 12.4 Å². The summed E-state index contributed by atoms with van der Waals surface area (Å²) in [7, 11) is 0. The number of halogens is 5. The average molecular weight is 389 g/mol. The number of nitrogens with one attached hydrogen (secondary N) is 1. The maximum atomic E-state index is 13.9. The number of rotatable bonds is 4. The van der Waals surface area contributed by atoms with E-state index in [4.69, 9.17) is 11.6 Å². The van der Waals surface area contributed by atoms with Gasteiger partial charge in [0.05, 0.1) is 6.04 Å². The molecule has 140 valence electrons. The van der Waals surface area contributed by atoms with Crippen LogP contribution in [0.4, 0.5) is 17.6 Å². The lowest BCUT2D eigenvalue weighted by atomic mass is 9.96. The predicted molar refractivity (Wildman–Crippen MR) is 90.8 cm³/mol. The molecule has 0 radical (unpaired) electrons. The van der Waals surface area contributed by atoms with Gasteiger partial charge in [-0.3, -0.25) is 4.90 Å². The van der Waals surface area contributed by atoms with Crippen LogP contribution in [0.15, 0.2) is 42.5 Å². The molecular formula is C18H17ClF4N2O. The first-order valence-corrected chi connectivity index (χ1v) is 8.46. The summed E-state index contributed by atoms with van der Waals surface area (Å²) in [6.07, 6.45) is -4.74. The first-order valence-electron chi connectivity index (χ1n) is 8.08. The number of piperazine rings is 1. The molecule has 0 bridgehead atoms. The van der Waals surface area contributed by atoms with Crippen LogP contribution in [0.25, 0.3) is 0 Å². The first kappa shape index (κ1) is 18.9. The highest BCUT2D eigenvalue weighted by atomic mass is 35.5. The van der Waals surface area contributed by atoms with Crippen LogP contribution in [0.3, 0.4) is 0 Å². The van der Waals surface area contributed by atoms with E-state index in [0.29, 0.717) is 5.56 Å². The molecule has 0 unspecified atom stereocenters. The van der Waals surface area contributed by atoms with Gasteiger partial charge in [-0.15, -0.1) is 13.2 Å². The Kier molecular flexibility index (Phi) is 5.70. The van der Waals surface area contributed by atoms with Gasteiger partial charge in [0.2, 0.25) is 0 Å². The lowest BCUT2D eigenvalue weighted by Gasteiger charge is -2.35. The zero-order valence-electron chi connectivity index (χ0n) is 13.7. The molecule has 3 nitrogen and oxygen atoms in total. The predicted octanol–water partition coefficient (Wildman–Crippen LogP) is 4.37. The second kappa shape index (κ2) is 7.82. The van der Waals surface area contributed by atoms with Gasteiger partial charge >= 0.3 is 6.36 Å². The molecule has 0 aliphatic carbocycles. The molecule has 0 aromatic heterocycles. The molecule has 0 amide bonds. The molecule has 1 aliphatic heterocycles. The summed E-state index contributed by atoms with van der Waals surface area (Å²) in [6, 6.07) is 9.64. The molecule has 1 N–H and O–H groups in total. The second-order valence-corrected chi connectivity index (χ2v) is 6.44. The smallest absolute Gasteiger partial charge is 0.406 e. The molecule has 2 aromatic rings. The van der Waals surface area contributed by atoms with E-state index in [0.717, 1.165) is 31.7 Å². The molecule has 1 heterocycles. The summed E-state index contributed by atoms with van der Waals surface area (Å²) >= 11 is 6.00. The highest BCUT2D eigenvalue weighted by molar-refractivity contribution is 6.30. The Morgan fingerprint density at radius 3 is 2.23 bits per heavy atom. The van der Waals surface area contributed by atoms with E-state index in [9.17, 15) is 17.6 Å². The van der Waals surface area contributed by atoms with Gasteiger partial charge in [0.25, 0.3) is 0 Å². The molecule has 26 heavy (non-hydrogen) atoms. The molecule has 0 saturated carbocycles. The van der Waals surface area contributed by atoms with E-state index < -0.39 is 12.2 Å². The lowest BCUT2D eigenvalue weighted by molar-refractivity contribution is -0.274. The van der Waals surface area contributed by atoms with E-state index in [-0.39, 0.29) is 16.8 Å². The number of nitrogens with zero attached hydrogens (tertiary/aromatic N) is 1. The van der Waals surface area contributed by atoms with E-state index in [1.54, 1.807) is 18.2 Å². The van der Waals surface area contributed by atoms with Gasteiger partial charge in [-0.2, -0.15) is 0 Å². The highest BCUT2D eigenvalue weighted by Crippen LogP contribution is 2.33. The number of benzene rings is 2. The Bertz CT molecular complexity index is 726. The minimum Gasteiger partial charge on any atom is -0.406 e. The van der Waals surface area contributed by atoms with Crippen molar-refractivity contribution in [3.8, 4) is 5.75 Å². The van der Waals surface area contributed by atoms with Crippen LogP contribution < -0.4 is 10.1 Å². The molecule has 1 saturated heterocycles. The number of hydrogen-bond acceptors (Lipinski definition) is 3. The summed E-state index contributed by atoms with van der Waals surface area (Å²) in [6.45, 7) is 2.99. The monoisotopic (exact) mass is 388 g/mol. The van der Waals surface area contributed by atoms with Crippen molar-refractivity contribution in [2.24, 2.45) is 0 Å². The molecule has 1 fully saturated rings. The standard InChI is InChI=1S/C18H17ClF4N2O/c19-14-9-13(10-15(20)11-14)17(25-7-5-24-6-8-25)12-1-3-16(4-2-12)26-18(21,22)23/h1-4,9-11,17,24H,5-8H2/t17-/m1/s1. The van der Waals surface area contributed by atoms with Gasteiger partial charge in [0, 0.05) is 31.2 Å². The van der Waals surface area contributed by atoms with Crippen LogP contribution in [0.2, 0.25) is 5.02 Å². The molecular weight excluding hydrogens is 372 g/mol. The first-order chi connectivity index (χ1) is 12.3. The number of hydrogen-bond donors (Lipinski definition) is 1. The summed E-state index contributed by atoms with van der Waals surface area (Å²) in [5, 5.41) is 3.52. The topological polar surface area (TPSA) is 24.5 Å². The molecule has 2 aromatic carbocycles. The van der Waals surface area contributed by atoms with E-state index >= 15 is 0 Å². The van der Waals surface area contributed by atoms with Crippen LogP contribution in [0.1, 0.15) is 17.2 Å². The van der Waals surface area contributed by atoms with Gasteiger partial charge in [-0.25, -0.2) is 4.39 Å². The fourth-order valence-electron chi connectivity index (χ4n) is 3.14. The third-order valence-corrected chi connectivity index (χ3v) is 4.36. The normalized spacial score (nSPS) is 17.1. The van der Waals surface area contributed by atoms with Gasteiger partial charge in [0.1, 0.15) is 11.6 Å². The summed E-state index contributed by atoms with van der Waals surface area (Å²) < 4.78 is 54.8. The van der Waals surface area contributed by atoms with Crippen LogP contribution in [0.5, 0.6) is 5.75 Å². The van der Waals surface area contributed by atoms with Gasteiger partial charge in [0.15, 0.2) is 0 Å². The number of alkyl halides is 3. The van der Waals surface area contributed by atoms with Crippen molar-refractivity contribution < 1.29 is 22.3 Å². The zero-order valence-corrected chi connectivity index (χ0v) is 14.4. The fourth-order valence-corrected chi connectivity index (χ4v) is 3.37. The molecule has 0 spiro atoms. The fraction of sp³-hybridized carbons (Fsp3) is 0.333. The Hall–Kier alpha value is -1.83. The van der Waals surface area contributed by atoms with Crippen molar-refractivity contribution >= 4 is 11.6 Å². The molecule has 8 heteroatoms. The minimum absolute atomic E-state index is 0.275. The molecule has 3 rings (SSSR count). The van der Waals surface area contributed by atoms with E-state index in [2.05, 4.69) is 15.0 Å². The minimum atomic E-state index is -4.74. The second-order valence-electron chi connectivity index (χ2n) is 6.01. The van der Waals surface area contributed by atoms with Crippen molar-refractivity contribution in [2.75, 3.05) is 26.2 Å². The van der Waals surface area contributed by atoms with Crippen LogP contribution in [0, 0.1) is 5.82 Å². The van der Waals surface area contributed by atoms with Gasteiger partial charge < -0.3 is 10.1 Å². The van der Waals surface area contributed by atoms with Crippen molar-refractivity contribution in [3.63, 3.8) is 0 Å². The van der Waals surface area contributed by atoms with E-state index in [1.165, 1.54) is 24.3 Å². The summed E-state index contributed by atoms with van der Waals surface area (Å²) in [5.41, 5.74) is 1.39. The molecule has 1 aliphatic rings. The largest absolute Gasteiger partial charge is 0.573 e. The maximum absolute atomic E-state index is 13.9. The maximum Gasteiger partial charge on any atom is 0.573 e. The SMILES string of the molecule is Fc1cc(Cl)cc([C@@H](c2ccc(OC(F)(F)F)cc2)N2CCNCC2)c1. The Labute approximate surface area is 153 Å². The van der Waals surface area contributed by atoms with Crippen molar-refractivity contribution in [1.29, 1.82) is 0 Å². The summed E-state index contributed by atoms with van der Waals surface area (Å²) in [5.74, 6) is -0.748. The summed E-state index contributed by atoms with van der Waals surface area (Å²) in [4.78, 5) is 2.14. The Balaban J connectivity index is 1.94. The van der Waals surface area contributed by atoms with Crippen molar-refractivity contribution in [3.05, 3.63) is 64.4 Å². The van der Waals surface area contributed by atoms with Crippen LogP contribution >= 0.6 is 11.6 Å². The highest BCUT2D eigenvalue weighted by Gasteiger charge is 2.31. The third kappa shape index (κ3) is 4.87. The van der Waals surface area contributed by atoms with Crippen LogP contribution in [-0.2, 0) is 0 Å². The van der Waals surface area contributed by atoms with E-state index in [1.807, 2.05) is 0 Å². The quantitative estimate of drug-likeness (QED) is 0.787. The number of ether oxygens (including phenoxy) is 1. The van der Waals surface area contributed by atoms with Gasteiger partial charge in [-0.05, 0) is 41.5 Å². The van der Waals surface area contributed by atoms with Gasteiger partial charge in [-0.1, -0.05) is 23.7 Å². The van der Waals surface area contributed by atoms with Crippen LogP contribution in [-0.4, -0.2) is 37.4 Å². The molecule has 1 atom stereocenters. The third-order valence-electron chi connectivity index (χ3n) is 4.15. The Morgan fingerprint density at radius 1 is 1.00 bits per heavy atom. The zero-order chi connectivity index (χ0) is 18.7.